The Hall–Kier alpha value is -0.700. The summed E-state index contributed by atoms with van der Waals surface area (Å²) in [6.45, 7) is 5.34. The first-order valence-corrected chi connectivity index (χ1v) is 5.06. The lowest BCUT2D eigenvalue weighted by atomic mass is 10.1. The molecule has 1 atom stereocenters. The highest BCUT2D eigenvalue weighted by molar-refractivity contribution is 4.90. The molecular formula is C10H20N2O. The molecule has 0 spiro atoms. The quantitative estimate of drug-likeness (QED) is 0.651. The van der Waals surface area contributed by atoms with Gasteiger partial charge < -0.3 is 4.90 Å². The van der Waals surface area contributed by atoms with Crippen LogP contribution in [0.15, 0.2) is 12.4 Å². The van der Waals surface area contributed by atoms with E-state index in [4.69, 9.17) is 4.84 Å². The van der Waals surface area contributed by atoms with Crippen LogP contribution < -0.4 is 0 Å². The van der Waals surface area contributed by atoms with Gasteiger partial charge in [0.1, 0.15) is 6.67 Å². The monoisotopic (exact) mass is 184 g/mol. The Kier molecular flexibility index (Phi) is 4.09. The molecule has 3 heteroatoms. The third-order valence-electron chi connectivity index (χ3n) is 2.52. The van der Waals surface area contributed by atoms with Crippen LogP contribution in [0.25, 0.3) is 0 Å². The Labute approximate surface area is 80.9 Å². The summed E-state index contributed by atoms with van der Waals surface area (Å²) in [5, 5.41) is 1.85. The number of hydroxylamine groups is 2. The van der Waals surface area contributed by atoms with Crippen LogP contribution in [-0.2, 0) is 4.84 Å². The maximum Gasteiger partial charge on any atom is 0.116 e. The molecule has 13 heavy (non-hydrogen) atoms. The minimum atomic E-state index is 0.668. The maximum absolute atomic E-state index is 5.12. The molecule has 0 aromatic carbocycles. The van der Waals surface area contributed by atoms with Gasteiger partial charge in [-0.3, -0.25) is 4.84 Å². The molecule has 0 aromatic heterocycles. The summed E-state index contributed by atoms with van der Waals surface area (Å²) in [7, 11) is 1.70. The van der Waals surface area contributed by atoms with Crippen LogP contribution in [-0.4, -0.2) is 29.8 Å². The van der Waals surface area contributed by atoms with E-state index in [0.29, 0.717) is 6.04 Å². The van der Waals surface area contributed by atoms with Crippen molar-refractivity contribution in [3.05, 3.63) is 12.4 Å². The van der Waals surface area contributed by atoms with Crippen molar-refractivity contribution in [3.8, 4) is 0 Å². The molecule has 0 fully saturated rings. The summed E-state index contributed by atoms with van der Waals surface area (Å²) in [6.07, 6.45) is 7.82. The molecule has 1 aliphatic rings. The highest BCUT2D eigenvalue weighted by atomic mass is 16.7. The van der Waals surface area contributed by atoms with Crippen molar-refractivity contribution in [2.75, 3.05) is 13.8 Å². The lowest BCUT2D eigenvalue weighted by Gasteiger charge is -2.27. The Morgan fingerprint density at radius 2 is 2.15 bits per heavy atom. The second kappa shape index (κ2) is 5.12. The van der Waals surface area contributed by atoms with Gasteiger partial charge >= 0.3 is 0 Å². The standard InChI is InChI=1S/C10H20N2O/c1-4-6-10(5-2)11-7-8-12(9-11)13-3/h7-8,10H,4-6,9H2,1-3H3. The van der Waals surface area contributed by atoms with Crippen LogP contribution in [0.2, 0.25) is 0 Å². The highest BCUT2D eigenvalue weighted by Crippen LogP contribution is 2.16. The Morgan fingerprint density at radius 1 is 1.38 bits per heavy atom. The molecule has 0 aromatic rings. The van der Waals surface area contributed by atoms with Crippen LogP contribution in [0.5, 0.6) is 0 Å². The average Bonchev–Trinajstić information content (AvgIpc) is 2.62. The second-order valence-corrected chi connectivity index (χ2v) is 3.40. The van der Waals surface area contributed by atoms with Gasteiger partial charge in [0.05, 0.1) is 7.11 Å². The topological polar surface area (TPSA) is 15.7 Å². The predicted octanol–water partition coefficient (Wildman–Crippen LogP) is 2.17. The number of hydrogen-bond donors (Lipinski definition) is 0. The van der Waals surface area contributed by atoms with Gasteiger partial charge in [-0.15, -0.1) is 0 Å². The summed E-state index contributed by atoms with van der Waals surface area (Å²) < 4.78 is 0. The first-order valence-electron chi connectivity index (χ1n) is 5.06. The van der Waals surface area contributed by atoms with Crippen molar-refractivity contribution in [2.45, 2.75) is 39.2 Å². The molecule has 3 nitrogen and oxygen atoms in total. The summed E-state index contributed by atoms with van der Waals surface area (Å²) in [5.74, 6) is 0. The van der Waals surface area contributed by atoms with Gasteiger partial charge in [-0.2, -0.15) is 0 Å². The van der Waals surface area contributed by atoms with Crippen LogP contribution >= 0.6 is 0 Å². The van der Waals surface area contributed by atoms with Gasteiger partial charge in [0.15, 0.2) is 0 Å². The summed E-state index contributed by atoms with van der Waals surface area (Å²) in [6, 6.07) is 0.668. The van der Waals surface area contributed by atoms with Crippen molar-refractivity contribution < 1.29 is 4.84 Å². The normalized spacial score (nSPS) is 18.4. The van der Waals surface area contributed by atoms with Gasteiger partial charge in [-0.1, -0.05) is 20.3 Å². The SMILES string of the molecule is CCCC(CC)N1C=CN(OC)C1. The molecule has 1 aliphatic heterocycles. The lowest BCUT2D eigenvalue weighted by molar-refractivity contribution is -0.102. The third kappa shape index (κ3) is 2.62. The van der Waals surface area contributed by atoms with Gasteiger partial charge in [-0.05, 0) is 12.8 Å². The molecule has 76 valence electrons. The fourth-order valence-electron chi connectivity index (χ4n) is 1.71. The van der Waals surface area contributed by atoms with E-state index >= 15 is 0 Å². The van der Waals surface area contributed by atoms with E-state index in [2.05, 4.69) is 24.9 Å². The van der Waals surface area contributed by atoms with E-state index in [9.17, 15) is 0 Å². The predicted molar refractivity (Wildman–Crippen MR) is 53.7 cm³/mol. The van der Waals surface area contributed by atoms with E-state index < -0.39 is 0 Å². The summed E-state index contributed by atoms with van der Waals surface area (Å²) >= 11 is 0. The third-order valence-corrected chi connectivity index (χ3v) is 2.52. The summed E-state index contributed by atoms with van der Waals surface area (Å²) in [4.78, 5) is 7.46. The molecule has 0 saturated carbocycles. The molecule has 1 unspecified atom stereocenters. The first kappa shape index (κ1) is 10.4. The van der Waals surface area contributed by atoms with Crippen LogP contribution in [0.4, 0.5) is 0 Å². The zero-order valence-electron chi connectivity index (χ0n) is 8.86. The summed E-state index contributed by atoms with van der Waals surface area (Å²) in [5.41, 5.74) is 0. The average molecular weight is 184 g/mol. The smallest absolute Gasteiger partial charge is 0.116 e. The van der Waals surface area contributed by atoms with Crippen molar-refractivity contribution in [2.24, 2.45) is 0 Å². The molecule has 0 amide bonds. The molecule has 1 rings (SSSR count). The number of rotatable bonds is 5. The fourth-order valence-corrected chi connectivity index (χ4v) is 1.71. The molecule has 0 bridgehead atoms. The van der Waals surface area contributed by atoms with Crippen LogP contribution in [0.1, 0.15) is 33.1 Å². The zero-order valence-corrected chi connectivity index (χ0v) is 8.86. The Morgan fingerprint density at radius 3 is 2.62 bits per heavy atom. The van der Waals surface area contributed by atoms with Gasteiger partial charge in [0.25, 0.3) is 0 Å². The minimum Gasteiger partial charge on any atom is -0.353 e. The molecule has 0 radical (unpaired) electrons. The Bertz CT molecular complexity index is 170. The van der Waals surface area contributed by atoms with E-state index in [0.717, 1.165) is 6.67 Å². The van der Waals surface area contributed by atoms with E-state index in [-0.39, 0.29) is 0 Å². The zero-order chi connectivity index (χ0) is 9.68. The van der Waals surface area contributed by atoms with E-state index in [1.807, 2.05) is 11.3 Å². The minimum absolute atomic E-state index is 0.668. The van der Waals surface area contributed by atoms with Crippen LogP contribution in [0, 0.1) is 0 Å². The molecule has 0 aliphatic carbocycles. The van der Waals surface area contributed by atoms with E-state index in [1.54, 1.807) is 7.11 Å². The second-order valence-electron chi connectivity index (χ2n) is 3.40. The maximum atomic E-state index is 5.12. The molecular weight excluding hydrogens is 164 g/mol. The van der Waals surface area contributed by atoms with Crippen LogP contribution in [0.3, 0.4) is 0 Å². The van der Waals surface area contributed by atoms with Crippen molar-refractivity contribution in [1.82, 2.24) is 9.96 Å². The van der Waals surface area contributed by atoms with Gasteiger partial charge in [-0.25, -0.2) is 5.06 Å². The van der Waals surface area contributed by atoms with Crippen molar-refractivity contribution in [3.63, 3.8) is 0 Å². The van der Waals surface area contributed by atoms with Gasteiger partial charge in [0, 0.05) is 18.4 Å². The highest BCUT2D eigenvalue weighted by Gasteiger charge is 2.18. The number of nitrogens with zero attached hydrogens (tertiary/aromatic N) is 2. The van der Waals surface area contributed by atoms with Crippen molar-refractivity contribution in [1.29, 1.82) is 0 Å². The Balaban J connectivity index is 2.39. The lowest BCUT2D eigenvalue weighted by Crippen LogP contribution is -2.33. The largest absolute Gasteiger partial charge is 0.353 e. The number of hydrogen-bond acceptors (Lipinski definition) is 3. The molecule has 1 heterocycles. The first-order chi connectivity index (χ1) is 6.31. The van der Waals surface area contributed by atoms with Gasteiger partial charge in [0.2, 0.25) is 0 Å². The molecule has 0 saturated heterocycles. The van der Waals surface area contributed by atoms with E-state index in [1.165, 1.54) is 19.3 Å². The fraction of sp³-hybridized carbons (Fsp3) is 0.800. The molecule has 0 N–H and O–H groups in total. The van der Waals surface area contributed by atoms with Crippen molar-refractivity contribution >= 4 is 0 Å².